The van der Waals surface area contributed by atoms with Crippen molar-refractivity contribution in [2.75, 3.05) is 44.2 Å². The second kappa shape index (κ2) is 7.91. The summed E-state index contributed by atoms with van der Waals surface area (Å²) in [6.07, 6.45) is 2.46. The zero-order chi connectivity index (χ0) is 19.7. The lowest BCUT2D eigenvalue weighted by molar-refractivity contribution is -0.137. The molecule has 0 spiro atoms. The first-order valence-corrected chi connectivity index (χ1v) is 10.2. The van der Waals surface area contributed by atoms with Crippen LogP contribution < -0.4 is 10.2 Å². The Kier molecular flexibility index (Phi) is 5.35. The van der Waals surface area contributed by atoms with E-state index in [1.165, 1.54) is 0 Å². The van der Waals surface area contributed by atoms with Crippen LogP contribution in [0.25, 0.3) is 0 Å². The summed E-state index contributed by atoms with van der Waals surface area (Å²) in [6, 6.07) is 8.22. The fraction of sp³-hybridized carbons (Fsp3) is 0.571. The van der Waals surface area contributed by atoms with E-state index in [2.05, 4.69) is 10.2 Å². The molecule has 0 aromatic heterocycles. The molecule has 150 valence electrons. The summed E-state index contributed by atoms with van der Waals surface area (Å²) in [4.78, 5) is 42.9. The normalized spacial score (nSPS) is 23.2. The number of hydrogen-bond donors (Lipinski definition) is 1. The van der Waals surface area contributed by atoms with Gasteiger partial charge in [0, 0.05) is 50.9 Å². The highest BCUT2D eigenvalue weighted by molar-refractivity contribution is 6.00. The average Bonchev–Trinajstić information content (AvgIpc) is 3.41. The molecule has 0 radical (unpaired) electrons. The maximum atomic E-state index is 12.9. The number of nitrogens with one attached hydrogen (secondary N) is 1. The Bertz CT molecular complexity index is 751. The third-order valence-corrected chi connectivity index (χ3v) is 5.81. The van der Waals surface area contributed by atoms with E-state index in [4.69, 9.17) is 0 Å². The molecular formula is C21H28N4O3. The van der Waals surface area contributed by atoms with Crippen LogP contribution in [-0.2, 0) is 14.4 Å². The predicted octanol–water partition coefficient (Wildman–Crippen LogP) is 0.771. The number of carbonyl (C=O) groups is 3. The van der Waals surface area contributed by atoms with Crippen molar-refractivity contribution in [2.45, 2.75) is 32.2 Å². The summed E-state index contributed by atoms with van der Waals surface area (Å²) in [7, 11) is 0. The lowest BCUT2D eigenvalue weighted by Gasteiger charge is -2.35. The predicted molar refractivity (Wildman–Crippen MR) is 106 cm³/mol. The van der Waals surface area contributed by atoms with Gasteiger partial charge in [-0.3, -0.25) is 19.3 Å². The summed E-state index contributed by atoms with van der Waals surface area (Å²) in [5.74, 6) is -0.126. The van der Waals surface area contributed by atoms with Crippen LogP contribution in [0.2, 0.25) is 0 Å². The smallest absolute Gasteiger partial charge is 0.234 e. The van der Waals surface area contributed by atoms with Crippen LogP contribution in [0, 0.1) is 12.8 Å². The van der Waals surface area contributed by atoms with Gasteiger partial charge in [0.05, 0.1) is 12.5 Å². The molecule has 1 aromatic carbocycles. The van der Waals surface area contributed by atoms with E-state index in [9.17, 15) is 14.4 Å². The average molecular weight is 384 g/mol. The highest BCUT2D eigenvalue weighted by Crippen LogP contribution is 2.27. The van der Waals surface area contributed by atoms with Gasteiger partial charge in [-0.1, -0.05) is 17.7 Å². The monoisotopic (exact) mass is 384 g/mol. The van der Waals surface area contributed by atoms with Gasteiger partial charge in [-0.05, 0) is 31.9 Å². The molecule has 1 unspecified atom stereocenters. The summed E-state index contributed by atoms with van der Waals surface area (Å²) >= 11 is 0. The second-order valence-electron chi connectivity index (χ2n) is 8.18. The van der Waals surface area contributed by atoms with Gasteiger partial charge in [-0.2, -0.15) is 0 Å². The third-order valence-electron chi connectivity index (χ3n) is 5.81. The van der Waals surface area contributed by atoms with Crippen molar-refractivity contribution in [3.63, 3.8) is 0 Å². The lowest BCUT2D eigenvalue weighted by atomic mass is 10.1. The van der Waals surface area contributed by atoms with E-state index in [1.807, 2.05) is 36.1 Å². The highest BCUT2D eigenvalue weighted by Gasteiger charge is 2.38. The fourth-order valence-electron chi connectivity index (χ4n) is 3.94. The van der Waals surface area contributed by atoms with Crippen molar-refractivity contribution < 1.29 is 14.4 Å². The summed E-state index contributed by atoms with van der Waals surface area (Å²) in [5, 5.41) is 3.00. The zero-order valence-corrected chi connectivity index (χ0v) is 16.4. The summed E-state index contributed by atoms with van der Waals surface area (Å²) < 4.78 is 0. The zero-order valence-electron chi connectivity index (χ0n) is 16.4. The van der Waals surface area contributed by atoms with E-state index in [0.717, 1.165) is 24.1 Å². The van der Waals surface area contributed by atoms with Gasteiger partial charge in [0.1, 0.15) is 0 Å². The highest BCUT2D eigenvalue weighted by atomic mass is 16.2. The van der Waals surface area contributed by atoms with Crippen molar-refractivity contribution in [1.29, 1.82) is 0 Å². The maximum Gasteiger partial charge on any atom is 0.234 e. The molecule has 28 heavy (non-hydrogen) atoms. The van der Waals surface area contributed by atoms with Crippen molar-refractivity contribution in [3.05, 3.63) is 29.8 Å². The molecule has 7 nitrogen and oxygen atoms in total. The van der Waals surface area contributed by atoms with E-state index in [0.29, 0.717) is 45.3 Å². The summed E-state index contributed by atoms with van der Waals surface area (Å²) in [6.45, 7) is 5.50. The number of aryl methyl sites for hydroxylation is 1. The molecule has 4 rings (SSSR count). The van der Waals surface area contributed by atoms with Crippen molar-refractivity contribution >= 4 is 23.4 Å². The molecule has 3 aliphatic rings. The molecule has 3 amide bonds. The maximum absolute atomic E-state index is 12.9. The summed E-state index contributed by atoms with van der Waals surface area (Å²) in [5.41, 5.74) is 2.00. The Morgan fingerprint density at radius 1 is 1.07 bits per heavy atom. The minimum atomic E-state index is -0.279. The van der Waals surface area contributed by atoms with Gasteiger partial charge in [0.25, 0.3) is 0 Å². The van der Waals surface area contributed by atoms with Gasteiger partial charge < -0.3 is 15.1 Å². The minimum absolute atomic E-state index is 0.0117. The van der Waals surface area contributed by atoms with Gasteiger partial charge in [-0.15, -0.1) is 0 Å². The van der Waals surface area contributed by atoms with Crippen LogP contribution in [0.4, 0.5) is 5.69 Å². The van der Waals surface area contributed by atoms with Gasteiger partial charge >= 0.3 is 0 Å². The van der Waals surface area contributed by atoms with Crippen LogP contribution in [0.3, 0.4) is 0 Å². The molecule has 1 atom stereocenters. The van der Waals surface area contributed by atoms with E-state index in [1.54, 1.807) is 4.90 Å². The topological polar surface area (TPSA) is 73.0 Å². The van der Waals surface area contributed by atoms with E-state index < -0.39 is 0 Å². The number of anilines is 1. The Labute approximate surface area is 165 Å². The molecule has 1 aromatic rings. The Morgan fingerprint density at radius 3 is 2.39 bits per heavy atom. The number of rotatable bonds is 5. The first-order chi connectivity index (χ1) is 13.5. The third kappa shape index (κ3) is 4.35. The molecule has 1 aliphatic carbocycles. The van der Waals surface area contributed by atoms with Crippen molar-refractivity contribution in [1.82, 2.24) is 15.1 Å². The number of piperazine rings is 1. The van der Waals surface area contributed by atoms with Crippen LogP contribution in [-0.4, -0.2) is 72.8 Å². The van der Waals surface area contributed by atoms with E-state index in [-0.39, 0.29) is 30.1 Å². The Morgan fingerprint density at radius 2 is 1.75 bits per heavy atom. The molecule has 2 aliphatic heterocycles. The van der Waals surface area contributed by atoms with Gasteiger partial charge in [-0.25, -0.2) is 0 Å². The lowest BCUT2D eigenvalue weighted by Crippen LogP contribution is -2.52. The number of benzene rings is 1. The number of amides is 3. The molecule has 7 heteroatoms. The Hall–Kier alpha value is -2.41. The van der Waals surface area contributed by atoms with Crippen LogP contribution >= 0.6 is 0 Å². The molecule has 2 saturated heterocycles. The quantitative estimate of drug-likeness (QED) is 0.814. The molecule has 1 saturated carbocycles. The minimum Gasteiger partial charge on any atom is -0.352 e. The number of nitrogens with zero attached hydrogens (tertiary/aromatic N) is 3. The van der Waals surface area contributed by atoms with Gasteiger partial charge in [0.15, 0.2) is 0 Å². The molecule has 2 heterocycles. The first-order valence-electron chi connectivity index (χ1n) is 10.2. The van der Waals surface area contributed by atoms with Gasteiger partial charge in [0.2, 0.25) is 17.7 Å². The molecular weight excluding hydrogens is 356 g/mol. The second-order valence-corrected chi connectivity index (χ2v) is 8.18. The molecule has 0 bridgehead atoms. The van der Waals surface area contributed by atoms with Crippen LogP contribution in [0.15, 0.2) is 24.3 Å². The van der Waals surface area contributed by atoms with Crippen molar-refractivity contribution in [2.24, 2.45) is 5.92 Å². The van der Waals surface area contributed by atoms with E-state index >= 15 is 0 Å². The Balaban J connectivity index is 1.27. The number of hydrogen-bond acceptors (Lipinski definition) is 4. The van der Waals surface area contributed by atoms with Crippen molar-refractivity contribution in [3.8, 4) is 0 Å². The number of carbonyl (C=O) groups excluding carboxylic acids is 3. The largest absolute Gasteiger partial charge is 0.352 e. The SMILES string of the molecule is Cc1ccc(N2CC(C(=O)N3CCN(CC(=O)NC4CC4)CC3)CC2=O)cc1. The molecule has 3 fully saturated rings. The first kappa shape index (κ1) is 18.9. The molecule has 1 N–H and O–H groups in total. The standard InChI is InChI=1S/C21H28N4O3/c1-15-2-6-18(7-3-15)25-13-16(12-20(25)27)21(28)24-10-8-23(9-11-24)14-19(26)22-17-4-5-17/h2-3,6-7,16-17H,4-5,8-14H2,1H3,(H,22,26). The van der Waals surface area contributed by atoms with Crippen LogP contribution in [0.5, 0.6) is 0 Å². The van der Waals surface area contributed by atoms with Crippen LogP contribution in [0.1, 0.15) is 24.8 Å². The fourth-order valence-corrected chi connectivity index (χ4v) is 3.94.